The second kappa shape index (κ2) is 12.2. The number of hydrogen-bond acceptors (Lipinski definition) is 6. The van der Waals surface area contributed by atoms with Crippen LogP contribution in [-0.2, 0) is 22.0 Å². The number of carbonyl (C=O) groups is 3. The summed E-state index contributed by atoms with van der Waals surface area (Å²) in [5.74, 6) is -3.69. The van der Waals surface area contributed by atoms with E-state index in [-0.39, 0.29) is 35.6 Å². The highest BCUT2D eigenvalue weighted by Crippen LogP contribution is 2.49. The first-order chi connectivity index (χ1) is 20.7. The Bertz CT molecular complexity index is 1590. The maximum absolute atomic E-state index is 17.5. The number of carbonyl (C=O) groups excluding carboxylic acids is 3. The molecule has 0 bridgehead atoms. The first kappa shape index (κ1) is 32.1. The van der Waals surface area contributed by atoms with Crippen LogP contribution in [0.25, 0.3) is 11.1 Å². The predicted molar refractivity (Wildman–Crippen MR) is 169 cm³/mol. The molecule has 2 heterocycles. The number of fused-ring (bicyclic) bond motifs is 1. The third-order valence-corrected chi connectivity index (χ3v) is 9.99. The smallest absolute Gasteiger partial charge is 0.407 e. The van der Waals surface area contributed by atoms with E-state index in [1.165, 1.54) is 25.3 Å². The fourth-order valence-electron chi connectivity index (χ4n) is 5.09. The van der Waals surface area contributed by atoms with Crippen LogP contribution >= 0.6 is 23.2 Å². The minimum atomic E-state index is -2.73. The van der Waals surface area contributed by atoms with Gasteiger partial charge in [0.25, 0.3) is 5.91 Å². The molecule has 0 radical (unpaired) electrons. The van der Waals surface area contributed by atoms with Gasteiger partial charge in [-0.1, -0.05) is 61.0 Å². The highest BCUT2D eigenvalue weighted by molar-refractivity contribution is 6.76. The molecule has 1 fully saturated rings. The Morgan fingerprint density at radius 3 is 2.30 bits per heavy atom. The van der Waals surface area contributed by atoms with Gasteiger partial charge in [0, 0.05) is 30.4 Å². The largest absolute Gasteiger partial charge is 0.450 e. The van der Waals surface area contributed by atoms with E-state index in [1.807, 2.05) is 0 Å². The molecular formula is C32H34Cl2FN3O5Si. The average Bonchev–Trinajstić information content (AvgIpc) is 3.69. The van der Waals surface area contributed by atoms with Crippen molar-refractivity contribution in [1.29, 1.82) is 0 Å². The molecule has 5 rings (SSSR count). The van der Waals surface area contributed by atoms with E-state index in [9.17, 15) is 14.4 Å². The summed E-state index contributed by atoms with van der Waals surface area (Å²) >= 11 is 12.1. The van der Waals surface area contributed by atoms with Gasteiger partial charge in [-0.05, 0) is 61.7 Å². The minimum absolute atomic E-state index is 0.0139. The minimum Gasteiger partial charge on any atom is -0.450 e. The van der Waals surface area contributed by atoms with Crippen molar-refractivity contribution in [3.8, 4) is 11.1 Å². The first-order valence-corrected chi connectivity index (χ1v) is 18.8. The number of ketones is 1. The van der Waals surface area contributed by atoms with E-state index in [1.54, 1.807) is 36.4 Å². The van der Waals surface area contributed by atoms with Gasteiger partial charge in [0.15, 0.2) is 5.78 Å². The molecular weight excluding hydrogens is 624 g/mol. The van der Waals surface area contributed by atoms with E-state index in [4.69, 9.17) is 32.7 Å². The zero-order chi connectivity index (χ0) is 31.9. The third kappa shape index (κ3) is 6.83. The molecule has 8 nitrogen and oxygen atoms in total. The number of nitrogens with one attached hydrogen (secondary N) is 1. The van der Waals surface area contributed by atoms with Gasteiger partial charge >= 0.3 is 12.1 Å². The Hall–Kier alpha value is -3.31. The molecule has 0 spiro atoms. The second-order valence-corrected chi connectivity index (χ2v) is 19.0. The van der Waals surface area contributed by atoms with E-state index in [0.717, 1.165) is 10.9 Å². The number of alkyl halides is 1. The van der Waals surface area contributed by atoms with E-state index < -0.39 is 31.6 Å². The zero-order valence-corrected chi connectivity index (χ0v) is 27.5. The van der Waals surface area contributed by atoms with Gasteiger partial charge in [-0.25, -0.2) is 4.79 Å². The highest BCUT2D eigenvalue weighted by atomic mass is 35.5. The quantitative estimate of drug-likeness (QED) is 0.129. The van der Waals surface area contributed by atoms with Crippen molar-refractivity contribution in [3.05, 3.63) is 87.2 Å². The summed E-state index contributed by atoms with van der Waals surface area (Å²) in [7, 11) is -1.39. The summed E-state index contributed by atoms with van der Waals surface area (Å²) < 4.78 is 28.9. The van der Waals surface area contributed by atoms with Crippen molar-refractivity contribution < 1.29 is 28.2 Å². The van der Waals surface area contributed by atoms with Gasteiger partial charge in [0.2, 0.25) is 0 Å². The van der Waals surface area contributed by atoms with Crippen LogP contribution in [0.1, 0.15) is 51.7 Å². The van der Waals surface area contributed by atoms with Crippen molar-refractivity contribution in [2.75, 3.05) is 13.2 Å². The molecule has 1 unspecified atom stereocenters. The predicted octanol–water partition coefficient (Wildman–Crippen LogP) is 7.61. The molecule has 1 aliphatic heterocycles. The molecule has 3 aromatic rings. The van der Waals surface area contributed by atoms with Crippen LogP contribution in [0, 0.1) is 0 Å². The zero-order valence-electron chi connectivity index (χ0n) is 25.0. The Morgan fingerprint density at radius 1 is 1.02 bits per heavy atom. The number of alkyl carbamates (subject to hydrolysis) is 1. The number of benzene rings is 2. The fraction of sp³-hybridized carbons (Fsp3) is 0.375. The first-order valence-electron chi connectivity index (χ1n) is 14.4. The molecule has 1 aliphatic carbocycles. The molecule has 1 atom stereocenters. The number of halogens is 3. The number of rotatable bonds is 11. The van der Waals surface area contributed by atoms with Crippen molar-refractivity contribution in [2.45, 2.75) is 63.5 Å². The van der Waals surface area contributed by atoms with Crippen molar-refractivity contribution >= 4 is 49.1 Å². The molecule has 1 saturated carbocycles. The Kier molecular flexibility index (Phi) is 8.92. The topological polar surface area (TPSA) is 97.8 Å². The molecule has 2 aromatic carbocycles. The van der Waals surface area contributed by atoms with Gasteiger partial charge in [0.05, 0.1) is 47.1 Å². The van der Waals surface area contributed by atoms with Gasteiger partial charge < -0.3 is 14.8 Å². The lowest BCUT2D eigenvalue weighted by molar-refractivity contribution is -0.237. The maximum atomic E-state index is 17.5. The van der Waals surface area contributed by atoms with Gasteiger partial charge in [0.1, 0.15) is 0 Å². The van der Waals surface area contributed by atoms with Crippen LogP contribution in [0.5, 0.6) is 0 Å². The number of Topliss-reactive ketones (excluding diaryl/α,β-unsaturated/α-hetero) is 1. The van der Waals surface area contributed by atoms with Crippen molar-refractivity contribution in [3.63, 3.8) is 0 Å². The number of aromatic nitrogens is 1. The Labute approximate surface area is 266 Å². The second-order valence-electron chi connectivity index (χ2n) is 12.5. The average molecular weight is 659 g/mol. The summed E-state index contributed by atoms with van der Waals surface area (Å²) in [6.07, 6.45) is 1.95. The van der Waals surface area contributed by atoms with Crippen molar-refractivity contribution in [1.82, 2.24) is 15.2 Å². The highest BCUT2D eigenvalue weighted by Gasteiger charge is 2.56. The molecule has 12 heteroatoms. The lowest BCUT2D eigenvalue weighted by Crippen LogP contribution is -2.47. The molecule has 2 amide bonds. The molecule has 1 aromatic heterocycles. The van der Waals surface area contributed by atoms with Crippen LogP contribution in [-0.4, -0.2) is 54.5 Å². The van der Waals surface area contributed by atoms with Crippen LogP contribution in [0.15, 0.2) is 54.7 Å². The molecule has 1 N–H and O–H groups in total. The Balaban J connectivity index is 1.50. The van der Waals surface area contributed by atoms with Crippen LogP contribution in [0.3, 0.4) is 0 Å². The normalized spacial score (nSPS) is 18.6. The SMILES string of the molecule is CC(=O)c1ccc2c(c1-c1ccc(Cl)cc1)C(=O)N(Cc1ccc(Cl)cn1)C2(F)OCC1(NC(=O)OCC[Si](C)(C)C)CC1. The number of amides is 2. The number of pyridine rings is 1. The summed E-state index contributed by atoms with van der Waals surface area (Å²) in [4.78, 5) is 44.7. The fourth-order valence-corrected chi connectivity index (χ4v) is 6.04. The molecule has 44 heavy (non-hydrogen) atoms. The summed E-state index contributed by atoms with van der Waals surface area (Å²) in [6, 6.07) is 13.6. The summed E-state index contributed by atoms with van der Waals surface area (Å²) in [5, 5.41) is 3.70. The monoisotopic (exact) mass is 657 g/mol. The summed E-state index contributed by atoms with van der Waals surface area (Å²) in [5.41, 5.74) is 0.601. The van der Waals surface area contributed by atoms with Gasteiger partial charge in [-0.15, -0.1) is 0 Å². The number of ether oxygens (including phenoxy) is 2. The van der Waals surface area contributed by atoms with Crippen LogP contribution in [0.2, 0.25) is 35.7 Å². The molecule has 0 saturated heterocycles. The van der Waals surface area contributed by atoms with E-state index in [2.05, 4.69) is 29.9 Å². The molecule has 232 valence electrons. The molecule has 2 aliphatic rings. The number of nitrogens with zero attached hydrogens (tertiary/aromatic N) is 2. The number of hydrogen-bond donors (Lipinski definition) is 1. The summed E-state index contributed by atoms with van der Waals surface area (Å²) in [6.45, 7) is 7.81. The van der Waals surface area contributed by atoms with E-state index in [0.29, 0.717) is 46.3 Å². The maximum Gasteiger partial charge on any atom is 0.407 e. The van der Waals surface area contributed by atoms with Gasteiger partial charge in [-0.2, -0.15) is 4.39 Å². The van der Waals surface area contributed by atoms with Crippen molar-refractivity contribution in [2.24, 2.45) is 0 Å². The third-order valence-electron chi connectivity index (χ3n) is 7.81. The van der Waals surface area contributed by atoms with Crippen LogP contribution in [0.4, 0.5) is 9.18 Å². The standard InChI is InChI=1S/C32H34Cl2FN3O5Si/c1-20(39)25-11-12-26-28(27(25)21-5-7-22(33)8-6-21)29(40)38(18-24-10-9-23(34)17-36-24)32(26,35)43-19-31(13-14-31)37-30(41)42-15-16-44(2,3)4/h5-12,17H,13-16,18-19H2,1-4H3,(H,37,41). The Morgan fingerprint density at radius 2 is 1.70 bits per heavy atom. The van der Waals surface area contributed by atoms with Crippen LogP contribution < -0.4 is 5.32 Å². The van der Waals surface area contributed by atoms with Gasteiger partial charge in [-0.3, -0.25) is 19.5 Å². The van der Waals surface area contributed by atoms with E-state index >= 15 is 4.39 Å². The lowest BCUT2D eigenvalue weighted by Gasteiger charge is -2.33. The lowest BCUT2D eigenvalue weighted by atomic mass is 9.90.